The number of anilines is 1. The van der Waals surface area contributed by atoms with Gasteiger partial charge in [-0.3, -0.25) is 10.1 Å². The van der Waals surface area contributed by atoms with Crippen LogP contribution in [0.15, 0.2) is 12.1 Å². The molecule has 0 bridgehead atoms. The standard InChI is InChI=1S/C14H20N4O2/c1-2-3-4-5-6-7-10-16-14-9-8-13(18(19)20)12(11-15)17-14/h8-9H,2-7,10H2,1H3,(H,16,17). The number of nitriles is 1. The Bertz CT molecular complexity index is 483. The molecule has 0 fully saturated rings. The molecule has 1 aromatic heterocycles. The van der Waals surface area contributed by atoms with E-state index in [1.165, 1.54) is 37.8 Å². The van der Waals surface area contributed by atoms with Crippen molar-refractivity contribution in [1.29, 1.82) is 5.26 Å². The van der Waals surface area contributed by atoms with Crippen LogP contribution in [0.5, 0.6) is 0 Å². The van der Waals surface area contributed by atoms with Gasteiger partial charge in [-0.15, -0.1) is 0 Å². The number of nitrogens with zero attached hydrogens (tertiary/aromatic N) is 3. The molecule has 1 rings (SSSR count). The molecule has 0 saturated carbocycles. The van der Waals surface area contributed by atoms with E-state index in [1.54, 1.807) is 6.07 Å². The zero-order valence-electron chi connectivity index (χ0n) is 11.8. The van der Waals surface area contributed by atoms with Crippen molar-refractivity contribution in [1.82, 2.24) is 4.98 Å². The van der Waals surface area contributed by atoms with E-state index in [2.05, 4.69) is 17.2 Å². The van der Waals surface area contributed by atoms with E-state index < -0.39 is 4.92 Å². The lowest BCUT2D eigenvalue weighted by molar-refractivity contribution is -0.385. The summed E-state index contributed by atoms with van der Waals surface area (Å²) in [6, 6.07) is 4.60. The Balaban J connectivity index is 2.38. The molecule has 20 heavy (non-hydrogen) atoms. The van der Waals surface area contributed by atoms with Crippen molar-refractivity contribution < 1.29 is 4.92 Å². The van der Waals surface area contributed by atoms with Gasteiger partial charge in [0.2, 0.25) is 5.69 Å². The number of aromatic nitrogens is 1. The van der Waals surface area contributed by atoms with Gasteiger partial charge in [-0.25, -0.2) is 4.98 Å². The lowest BCUT2D eigenvalue weighted by atomic mass is 10.1. The normalized spacial score (nSPS) is 10.0. The van der Waals surface area contributed by atoms with E-state index in [1.807, 2.05) is 0 Å². The highest BCUT2D eigenvalue weighted by atomic mass is 16.6. The number of hydrogen-bond donors (Lipinski definition) is 1. The van der Waals surface area contributed by atoms with Gasteiger partial charge < -0.3 is 5.32 Å². The number of unbranched alkanes of at least 4 members (excludes halogenated alkanes) is 5. The van der Waals surface area contributed by atoms with Crippen LogP contribution in [0.25, 0.3) is 0 Å². The van der Waals surface area contributed by atoms with Crippen LogP contribution in [0.3, 0.4) is 0 Å². The van der Waals surface area contributed by atoms with Gasteiger partial charge in [0.15, 0.2) is 0 Å². The van der Waals surface area contributed by atoms with Gasteiger partial charge in [0.1, 0.15) is 11.9 Å². The second-order valence-electron chi connectivity index (χ2n) is 4.63. The summed E-state index contributed by atoms with van der Waals surface area (Å²) in [6.45, 7) is 2.95. The largest absolute Gasteiger partial charge is 0.370 e. The first kappa shape index (κ1) is 15.9. The fourth-order valence-corrected chi connectivity index (χ4v) is 1.90. The second kappa shape index (κ2) is 8.86. The number of rotatable bonds is 9. The van der Waals surface area contributed by atoms with Crippen LogP contribution in [0.1, 0.15) is 51.1 Å². The first-order valence-electron chi connectivity index (χ1n) is 6.98. The smallest absolute Gasteiger partial charge is 0.305 e. The van der Waals surface area contributed by atoms with Crippen LogP contribution in [0, 0.1) is 21.4 Å². The fourth-order valence-electron chi connectivity index (χ4n) is 1.90. The molecule has 0 radical (unpaired) electrons. The van der Waals surface area contributed by atoms with E-state index >= 15 is 0 Å². The van der Waals surface area contributed by atoms with Gasteiger partial charge in [0, 0.05) is 12.6 Å². The molecule has 0 aliphatic rings. The molecule has 6 nitrogen and oxygen atoms in total. The Morgan fingerprint density at radius 2 is 2.00 bits per heavy atom. The molecule has 6 heteroatoms. The SMILES string of the molecule is CCCCCCCCNc1ccc([N+](=O)[O-])c(C#N)n1. The molecule has 0 spiro atoms. The molecule has 0 aliphatic carbocycles. The number of hydrogen-bond acceptors (Lipinski definition) is 5. The van der Waals surface area contributed by atoms with Crippen LogP contribution in [0.2, 0.25) is 0 Å². The summed E-state index contributed by atoms with van der Waals surface area (Å²) in [6.07, 6.45) is 7.21. The Morgan fingerprint density at radius 1 is 1.30 bits per heavy atom. The Labute approximate surface area is 119 Å². The van der Waals surface area contributed by atoms with Crippen molar-refractivity contribution >= 4 is 11.5 Å². The molecule has 0 amide bonds. The van der Waals surface area contributed by atoms with Gasteiger partial charge in [0.05, 0.1) is 4.92 Å². The minimum Gasteiger partial charge on any atom is -0.370 e. The Kier molecular flexibility index (Phi) is 7.04. The minimum atomic E-state index is -0.594. The second-order valence-corrected chi connectivity index (χ2v) is 4.63. The molecule has 108 valence electrons. The molecular weight excluding hydrogens is 256 g/mol. The van der Waals surface area contributed by atoms with Crippen LogP contribution in [0.4, 0.5) is 11.5 Å². The summed E-state index contributed by atoms with van der Waals surface area (Å²) in [5, 5.41) is 22.6. The van der Waals surface area contributed by atoms with E-state index in [0.717, 1.165) is 19.4 Å². The maximum atomic E-state index is 10.7. The molecule has 0 aromatic carbocycles. The van der Waals surface area contributed by atoms with Crippen LogP contribution < -0.4 is 5.32 Å². The lowest BCUT2D eigenvalue weighted by Gasteiger charge is -2.05. The highest BCUT2D eigenvalue weighted by molar-refractivity contribution is 5.50. The maximum absolute atomic E-state index is 10.7. The third-order valence-electron chi connectivity index (χ3n) is 3.01. The molecule has 0 unspecified atom stereocenters. The predicted molar refractivity (Wildman–Crippen MR) is 77.5 cm³/mol. The third-order valence-corrected chi connectivity index (χ3v) is 3.01. The van der Waals surface area contributed by atoms with Gasteiger partial charge in [-0.2, -0.15) is 5.26 Å². The Morgan fingerprint density at radius 3 is 2.65 bits per heavy atom. The summed E-state index contributed by atoms with van der Waals surface area (Å²) < 4.78 is 0. The predicted octanol–water partition coefficient (Wildman–Crippen LogP) is 3.63. The summed E-state index contributed by atoms with van der Waals surface area (Å²) >= 11 is 0. The first-order valence-corrected chi connectivity index (χ1v) is 6.98. The van der Waals surface area contributed by atoms with Crippen molar-refractivity contribution in [2.45, 2.75) is 45.4 Å². The lowest BCUT2D eigenvalue weighted by Crippen LogP contribution is -2.05. The number of nitrogens with one attached hydrogen (secondary N) is 1. The summed E-state index contributed by atoms with van der Waals surface area (Å²) in [4.78, 5) is 14.0. The number of pyridine rings is 1. The van der Waals surface area contributed by atoms with Crippen LogP contribution >= 0.6 is 0 Å². The highest BCUT2D eigenvalue weighted by Gasteiger charge is 2.15. The molecule has 0 saturated heterocycles. The average molecular weight is 276 g/mol. The van der Waals surface area contributed by atoms with Gasteiger partial charge >= 0.3 is 5.69 Å². The van der Waals surface area contributed by atoms with E-state index in [9.17, 15) is 10.1 Å². The van der Waals surface area contributed by atoms with Crippen molar-refractivity contribution in [2.75, 3.05) is 11.9 Å². The monoisotopic (exact) mass is 276 g/mol. The van der Waals surface area contributed by atoms with Crippen molar-refractivity contribution in [3.05, 3.63) is 27.9 Å². The van der Waals surface area contributed by atoms with Crippen LogP contribution in [-0.4, -0.2) is 16.5 Å². The van der Waals surface area contributed by atoms with Gasteiger partial charge in [-0.1, -0.05) is 39.0 Å². The van der Waals surface area contributed by atoms with Crippen LogP contribution in [-0.2, 0) is 0 Å². The summed E-state index contributed by atoms with van der Waals surface area (Å²) in [5.74, 6) is 0.515. The summed E-state index contributed by atoms with van der Waals surface area (Å²) in [7, 11) is 0. The first-order chi connectivity index (χ1) is 9.69. The van der Waals surface area contributed by atoms with E-state index in [0.29, 0.717) is 5.82 Å². The Hall–Kier alpha value is -2.16. The molecule has 1 heterocycles. The topological polar surface area (TPSA) is 91.9 Å². The zero-order valence-corrected chi connectivity index (χ0v) is 11.8. The average Bonchev–Trinajstić information content (AvgIpc) is 2.45. The molecule has 1 N–H and O–H groups in total. The maximum Gasteiger partial charge on any atom is 0.305 e. The van der Waals surface area contributed by atoms with E-state index in [-0.39, 0.29) is 11.4 Å². The molecule has 0 aliphatic heterocycles. The summed E-state index contributed by atoms with van der Waals surface area (Å²) in [5.41, 5.74) is -0.402. The third kappa shape index (κ3) is 5.22. The quantitative estimate of drug-likeness (QED) is 0.422. The highest BCUT2D eigenvalue weighted by Crippen LogP contribution is 2.18. The molecular formula is C14H20N4O2. The van der Waals surface area contributed by atoms with Crippen molar-refractivity contribution in [2.24, 2.45) is 0 Å². The minimum absolute atomic E-state index is 0.150. The zero-order chi connectivity index (χ0) is 14.8. The molecule has 1 aromatic rings. The van der Waals surface area contributed by atoms with Crippen molar-refractivity contribution in [3.63, 3.8) is 0 Å². The number of nitro groups is 1. The van der Waals surface area contributed by atoms with Gasteiger partial charge in [-0.05, 0) is 12.5 Å². The van der Waals surface area contributed by atoms with Crippen molar-refractivity contribution in [3.8, 4) is 6.07 Å². The van der Waals surface area contributed by atoms with E-state index in [4.69, 9.17) is 5.26 Å². The molecule has 0 atom stereocenters. The fraction of sp³-hybridized carbons (Fsp3) is 0.571. The van der Waals surface area contributed by atoms with Gasteiger partial charge in [0.25, 0.3) is 0 Å².